The molecule has 2 aromatic heterocycles. The molecular weight excluding hydrogens is 444 g/mol. The third kappa shape index (κ3) is 4.89. The Morgan fingerprint density at radius 3 is 2.54 bits per heavy atom. The number of fused-ring (bicyclic) bond motifs is 2. The van der Waals surface area contributed by atoms with Crippen molar-refractivity contribution in [1.82, 2.24) is 20.0 Å². The molecule has 0 radical (unpaired) electrons. The number of nitrogen functional groups attached to an aromatic ring is 1. The number of benzene rings is 2. The van der Waals surface area contributed by atoms with Gasteiger partial charge in [-0.1, -0.05) is 44.4 Å². The van der Waals surface area contributed by atoms with E-state index in [-0.39, 0.29) is 17.3 Å². The minimum Gasteiger partial charge on any atom is -0.493 e. The molecule has 0 spiro atoms. The van der Waals surface area contributed by atoms with Gasteiger partial charge in [0.05, 0.1) is 31.5 Å². The Kier molecular flexibility index (Phi) is 7.45. The van der Waals surface area contributed by atoms with Crippen molar-refractivity contribution < 1.29 is 14.3 Å². The molecule has 0 aliphatic rings. The zero-order valence-electron chi connectivity index (χ0n) is 20.2. The lowest BCUT2D eigenvalue weighted by Gasteiger charge is -2.09. The summed E-state index contributed by atoms with van der Waals surface area (Å²) in [6.45, 7) is 2.72. The van der Waals surface area contributed by atoms with Crippen LogP contribution in [0.1, 0.15) is 48.5 Å². The summed E-state index contributed by atoms with van der Waals surface area (Å²) in [5, 5.41) is 7.54. The molecule has 1 amide bonds. The third-order valence-corrected chi connectivity index (χ3v) is 5.76. The van der Waals surface area contributed by atoms with Gasteiger partial charge in [0.2, 0.25) is 0 Å². The lowest BCUT2D eigenvalue weighted by atomic mass is 10.2. The summed E-state index contributed by atoms with van der Waals surface area (Å²) in [5.41, 5.74) is 9.58. The number of unbranched alkanes of at least 4 members (excludes halogenated alkanes) is 3. The number of carbonyl (C=O) groups excluding carboxylic acids is 1. The standard InChI is InChI=1S/C26H30N6O3/c1-4-5-6-9-15-28-26(33)21-22-25(31-19-13-8-7-12-18(19)30-22)32(24(21)27)29-16-17-11-10-14-20(34-2)23(17)35-3/h7-8,10-14,16H,4-6,9,15,27H2,1-3H3,(H,28,33)/b29-16+. The van der Waals surface area contributed by atoms with Crippen molar-refractivity contribution in [2.75, 3.05) is 26.5 Å². The van der Waals surface area contributed by atoms with E-state index >= 15 is 0 Å². The Bertz CT molecular complexity index is 1380. The van der Waals surface area contributed by atoms with Crippen LogP contribution in [0, 0.1) is 0 Å². The van der Waals surface area contributed by atoms with Gasteiger partial charge in [-0.25, -0.2) is 9.97 Å². The topological polar surface area (TPSA) is 117 Å². The molecular formula is C26H30N6O3. The number of rotatable bonds is 10. The molecule has 0 saturated carbocycles. The predicted octanol–water partition coefficient (Wildman–Crippen LogP) is 4.38. The van der Waals surface area contributed by atoms with Crippen LogP contribution in [0.4, 0.5) is 5.82 Å². The Labute approximate surface area is 204 Å². The number of anilines is 1. The maximum absolute atomic E-state index is 13.2. The number of nitrogens with zero attached hydrogens (tertiary/aromatic N) is 4. The molecule has 0 aliphatic carbocycles. The van der Waals surface area contributed by atoms with Gasteiger partial charge in [-0.3, -0.25) is 4.79 Å². The van der Waals surface area contributed by atoms with Crippen LogP contribution in [0.25, 0.3) is 22.2 Å². The summed E-state index contributed by atoms with van der Waals surface area (Å²) in [6.07, 6.45) is 5.83. The van der Waals surface area contributed by atoms with Crippen LogP contribution in [0.3, 0.4) is 0 Å². The molecule has 4 aromatic rings. The molecule has 4 rings (SSSR count). The number of para-hydroxylation sites is 3. The number of methoxy groups -OCH3 is 2. The van der Waals surface area contributed by atoms with Crippen molar-refractivity contribution in [3.05, 3.63) is 53.6 Å². The van der Waals surface area contributed by atoms with Crippen LogP contribution in [0.2, 0.25) is 0 Å². The minimum atomic E-state index is -0.290. The van der Waals surface area contributed by atoms with E-state index in [4.69, 9.17) is 25.2 Å². The van der Waals surface area contributed by atoms with Gasteiger partial charge in [-0.15, -0.1) is 0 Å². The minimum absolute atomic E-state index is 0.166. The average molecular weight is 475 g/mol. The zero-order valence-corrected chi connectivity index (χ0v) is 20.2. The fourth-order valence-corrected chi connectivity index (χ4v) is 3.96. The molecule has 0 atom stereocenters. The second kappa shape index (κ2) is 10.9. The molecule has 35 heavy (non-hydrogen) atoms. The van der Waals surface area contributed by atoms with E-state index in [1.165, 1.54) is 4.68 Å². The van der Waals surface area contributed by atoms with Crippen LogP contribution in [0.15, 0.2) is 47.6 Å². The summed E-state index contributed by atoms with van der Waals surface area (Å²) in [4.78, 5) is 22.6. The first kappa shape index (κ1) is 24.0. The van der Waals surface area contributed by atoms with Gasteiger partial charge in [0.25, 0.3) is 5.91 Å². The van der Waals surface area contributed by atoms with Crippen LogP contribution < -0.4 is 20.5 Å². The van der Waals surface area contributed by atoms with Crippen LogP contribution >= 0.6 is 0 Å². The van der Waals surface area contributed by atoms with Crippen molar-refractivity contribution in [1.29, 1.82) is 0 Å². The van der Waals surface area contributed by atoms with Crippen LogP contribution in [0.5, 0.6) is 11.5 Å². The molecule has 0 aliphatic heterocycles. The molecule has 3 N–H and O–H groups in total. The lowest BCUT2D eigenvalue weighted by molar-refractivity contribution is 0.0955. The summed E-state index contributed by atoms with van der Waals surface area (Å²) in [6, 6.07) is 13.0. The fraction of sp³-hybridized carbons (Fsp3) is 0.308. The number of ether oxygens (including phenoxy) is 2. The van der Waals surface area contributed by atoms with E-state index in [2.05, 4.69) is 17.3 Å². The molecule has 9 heteroatoms. The number of aromatic nitrogens is 3. The van der Waals surface area contributed by atoms with Gasteiger partial charge < -0.3 is 20.5 Å². The summed E-state index contributed by atoms with van der Waals surface area (Å²) >= 11 is 0. The molecule has 2 aromatic carbocycles. The fourth-order valence-electron chi connectivity index (χ4n) is 3.96. The van der Waals surface area contributed by atoms with E-state index < -0.39 is 0 Å². The van der Waals surface area contributed by atoms with Gasteiger partial charge in [0.15, 0.2) is 17.1 Å². The quantitative estimate of drug-likeness (QED) is 0.260. The van der Waals surface area contributed by atoms with Gasteiger partial charge in [-0.2, -0.15) is 9.78 Å². The van der Waals surface area contributed by atoms with Crippen molar-refractivity contribution in [2.24, 2.45) is 5.10 Å². The van der Waals surface area contributed by atoms with Gasteiger partial charge >= 0.3 is 0 Å². The van der Waals surface area contributed by atoms with Gasteiger partial charge in [-0.05, 0) is 30.7 Å². The first-order valence-electron chi connectivity index (χ1n) is 11.7. The van der Waals surface area contributed by atoms with E-state index in [1.54, 1.807) is 26.5 Å². The Hall–Kier alpha value is -4.14. The number of amides is 1. The molecule has 0 bridgehead atoms. The first-order chi connectivity index (χ1) is 17.1. The number of hydrogen-bond acceptors (Lipinski definition) is 7. The normalized spacial score (nSPS) is 11.4. The summed E-state index contributed by atoms with van der Waals surface area (Å²) in [5.74, 6) is 0.993. The zero-order chi connectivity index (χ0) is 24.8. The summed E-state index contributed by atoms with van der Waals surface area (Å²) in [7, 11) is 3.14. The van der Waals surface area contributed by atoms with Gasteiger partial charge in [0, 0.05) is 12.1 Å². The number of hydrogen-bond donors (Lipinski definition) is 2. The number of nitrogens with one attached hydrogen (secondary N) is 1. The van der Waals surface area contributed by atoms with Crippen molar-refractivity contribution in [2.45, 2.75) is 32.6 Å². The Morgan fingerprint density at radius 1 is 1.06 bits per heavy atom. The maximum Gasteiger partial charge on any atom is 0.257 e. The third-order valence-electron chi connectivity index (χ3n) is 5.76. The van der Waals surface area contributed by atoms with E-state index in [1.807, 2.05) is 36.4 Å². The van der Waals surface area contributed by atoms with Crippen molar-refractivity contribution in [3.8, 4) is 11.5 Å². The molecule has 0 saturated heterocycles. The summed E-state index contributed by atoms with van der Waals surface area (Å²) < 4.78 is 12.3. The highest BCUT2D eigenvalue weighted by Gasteiger charge is 2.24. The Balaban J connectivity index is 1.79. The van der Waals surface area contributed by atoms with Gasteiger partial charge in [0.1, 0.15) is 16.9 Å². The second-order valence-electron chi connectivity index (χ2n) is 8.10. The van der Waals surface area contributed by atoms with Crippen molar-refractivity contribution >= 4 is 40.1 Å². The number of carbonyl (C=O) groups is 1. The molecule has 9 nitrogen and oxygen atoms in total. The Morgan fingerprint density at radius 2 is 1.83 bits per heavy atom. The predicted molar refractivity (Wildman–Crippen MR) is 138 cm³/mol. The molecule has 0 unspecified atom stereocenters. The smallest absolute Gasteiger partial charge is 0.257 e. The van der Waals surface area contributed by atoms with E-state index in [0.29, 0.717) is 45.8 Å². The highest BCUT2D eigenvalue weighted by Crippen LogP contribution is 2.31. The maximum atomic E-state index is 13.2. The first-order valence-corrected chi connectivity index (χ1v) is 11.7. The molecule has 2 heterocycles. The lowest BCUT2D eigenvalue weighted by Crippen LogP contribution is -2.25. The largest absolute Gasteiger partial charge is 0.493 e. The van der Waals surface area contributed by atoms with E-state index in [0.717, 1.165) is 25.7 Å². The number of nitrogens with two attached hydrogens (primary N) is 1. The van der Waals surface area contributed by atoms with E-state index in [9.17, 15) is 4.79 Å². The second-order valence-corrected chi connectivity index (χ2v) is 8.10. The monoisotopic (exact) mass is 474 g/mol. The molecule has 0 fully saturated rings. The van der Waals surface area contributed by atoms with Crippen LogP contribution in [-0.2, 0) is 0 Å². The molecule has 182 valence electrons. The van der Waals surface area contributed by atoms with Crippen molar-refractivity contribution in [3.63, 3.8) is 0 Å². The highest BCUT2D eigenvalue weighted by atomic mass is 16.5. The highest BCUT2D eigenvalue weighted by molar-refractivity contribution is 6.10. The van der Waals surface area contributed by atoms with Crippen LogP contribution in [-0.4, -0.2) is 47.5 Å². The average Bonchev–Trinajstić information content (AvgIpc) is 3.15. The SMILES string of the molecule is CCCCCCNC(=O)c1c(N)n(/N=C/c2cccc(OC)c2OC)c2nc3ccccc3nc12.